The molecular formula is C32H32ClF2N3O3. The minimum absolute atomic E-state index is 0.0705. The second kappa shape index (κ2) is 11.6. The third-order valence-electron chi connectivity index (χ3n) is 7.89. The van der Waals surface area contributed by atoms with Crippen molar-refractivity contribution in [1.29, 1.82) is 0 Å². The van der Waals surface area contributed by atoms with Gasteiger partial charge >= 0.3 is 0 Å². The number of carbonyl (C=O) groups excluding carboxylic acids is 1. The maximum absolute atomic E-state index is 15.0. The quantitative estimate of drug-likeness (QED) is 0.224. The summed E-state index contributed by atoms with van der Waals surface area (Å²) in [6.07, 6.45) is 3.17. The number of methoxy groups -OCH3 is 1. The molecule has 0 radical (unpaired) electrons. The van der Waals surface area contributed by atoms with Crippen molar-refractivity contribution in [2.24, 2.45) is 0 Å². The number of pyridine rings is 2. The topological polar surface area (TPSA) is 84.3 Å². The van der Waals surface area contributed by atoms with Gasteiger partial charge in [0, 0.05) is 40.7 Å². The summed E-state index contributed by atoms with van der Waals surface area (Å²) in [4.78, 5) is 22.7. The van der Waals surface area contributed by atoms with Crippen LogP contribution in [0.3, 0.4) is 0 Å². The molecule has 0 aliphatic heterocycles. The lowest BCUT2D eigenvalue weighted by Crippen LogP contribution is -2.29. The molecule has 41 heavy (non-hydrogen) atoms. The third kappa shape index (κ3) is 5.58. The Balaban J connectivity index is 1.48. The van der Waals surface area contributed by atoms with Crippen LogP contribution in [0.5, 0.6) is 11.5 Å². The van der Waals surface area contributed by atoms with Crippen LogP contribution in [-0.4, -0.2) is 34.6 Å². The molecule has 0 saturated carbocycles. The maximum Gasteiger partial charge on any atom is 0.251 e. The number of amides is 1. The van der Waals surface area contributed by atoms with E-state index >= 15 is 0 Å². The molecule has 214 valence electrons. The minimum atomic E-state index is -1.02. The number of benzene rings is 2. The number of rotatable bonds is 8. The van der Waals surface area contributed by atoms with Gasteiger partial charge < -0.3 is 15.2 Å². The van der Waals surface area contributed by atoms with Gasteiger partial charge in [-0.2, -0.15) is 0 Å². The van der Waals surface area contributed by atoms with Gasteiger partial charge in [0.1, 0.15) is 17.1 Å². The van der Waals surface area contributed by atoms with Gasteiger partial charge in [-0.05, 0) is 73.6 Å². The number of halogens is 3. The molecule has 4 aromatic rings. The van der Waals surface area contributed by atoms with E-state index in [9.17, 15) is 18.7 Å². The fourth-order valence-corrected chi connectivity index (χ4v) is 5.77. The standard InChI is InChI=1S/C32H32ClF2N3O3/c1-5-6-18(15-36-32(40)20-9-19-10-24(33)17(3)37-30(19)29(11-20)41-4)27-12-22-16(2)7-8-21(22)31(38-27)23-13-28(39)26(35)14-25(23)34/h9-14,16,18,39H,5-8,15H2,1-4H3,(H,36,40). The van der Waals surface area contributed by atoms with Crippen LogP contribution in [0.4, 0.5) is 8.78 Å². The van der Waals surface area contributed by atoms with Gasteiger partial charge in [0.05, 0.1) is 23.5 Å². The molecule has 1 amide bonds. The number of hydrogen-bond donors (Lipinski definition) is 2. The Morgan fingerprint density at radius 3 is 2.68 bits per heavy atom. The highest BCUT2D eigenvalue weighted by Gasteiger charge is 2.28. The molecule has 5 rings (SSSR count). The summed E-state index contributed by atoms with van der Waals surface area (Å²) in [6, 6.07) is 9.00. The van der Waals surface area contributed by atoms with Crippen LogP contribution >= 0.6 is 11.6 Å². The van der Waals surface area contributed by atoms with Crippen molar-refractivity contribution >= 4 is 28.4 Å². The maximum atomic E-state index is 15.0. The Morgan fingerprint density at radius 2 is 1.95 bits per heavy atom. The molecule has 0 bridgehead atoms. The summed E-state index contributed by atoms with van der Waals surface area (Å²) >= 11 is 6.29. The van der Waals surface area contributed by atoms with E-state index in [0.717, 1.165) is 42.1 Å². The van der Waals surface area contributed by atoms with Crippen molar-refractivity contribution in [2.45, 2.75) is 58.3 Å². The summed E-state index contributed by atoms with van der Waals surface area (Å²) in [6.45, 7) is 6.28. The Morgan fingerprint density at radius 1 is 1.17 bits per heavy atom. The average molecular weight is 580 g/mol. The molecule has 2 aromatic carbocycles. The highest BCUT2D eigenvalue weighted by molar-refractivity contribution is 6.31. The van der Waals surface area contributed by atoms with E-state index in [4.69, 9.17) is 21.3 Å². The zero-order valence-corrected chi connectivity index (χ0v) is 24.2. The zero-order valence-electron chi connectivity index (χ0n) is 23.4. The van der Waals surface area contributed by atoms with Gasteiger partial charge in [-0.1, -0.05) is 31.9 Å². The molecule has 9 heteroatoms. The molecule has 0 spiro atoms. The minimum Gasteiger partial charge on any atom is -0.505 e. The van der Waals surface area contributed by atoms with Crippen LogP contribution < -0.4 is 10.1 Å². The smallest absolute Gasteiger partial charge is 0.251 e. The van der Waals surface area contributed by atoms with E-state index in [1.54, 1.807) is 18.2 Å². The largest absolute Gasteiger partial charge is 0.505 e. The summed E-state index contributed by atoms with van der Waals surface area (Å²) in [5.41, 5.74) is 4.89. The molecule has 6 nitrogen and oxygen atoms in total. The fraction of sp³-hybridized carbons (Fsp3) is 0.344. The molecule has 2 N–H and O–H groups in total. The van der Waals surface area contributed by atoms with Crippen LogP contribution in [0.15, 0.2) is 36.4 Å². The van der Waals surface area contributed by atoms with E-state index in [1.165, 1.54) is 7.11 Å². The number of nitrogens with one attached hydrogen (secondary N) is 1. The number of hydrogen-bond acceptors (Lipinski definition) is 5. The number of fused-ring (bicyclic) bond motifs is 2. The van der Waals surface area contributed by atoms with Crippen molar-refractivity contribution in [1.82, 2.24) is 15.3 Å². The van der Waals surface area contributed by atoms with Crippen LogP contribution in [0.1, 0.15) is 77.8 Å². The van der Waals surface area contributed by atoms with Crippen LogP contribution in [0.25, 0.3) is 22.2 Å². The Kier molecular flexibility index (Phi) is 8.13. The Labute approximate surface area is 242 Å². The van der Waals surface area contributed by atoms with Crippen LogP contribution in [0.2, 0.25) is 5.02 Å². The summed E-state index contributed by atoms with van der Waals surface area (Å²) in [5.74, 6) is -2.14. The van der Waals surface area contributed by atoms with Gasteiger partial charge in [-0.3, -0.25) is 9.78 Å². The van der Waals surface area contributed by atoms with Crippen molar-refractivity contribution in [3.05, 3.63) is 81.1 Å². The van der Waals surface area contributed by atoms with E-state index in [1.807, 2.05) is 6.92 Å². The number of phenolic OH excluding ortho intramolecular Hbond substituents is 1. The fourth-order valence-electron chi connectivity index (χ4n) is 5.61. The van der Waals surface area contributed by atoms with Gasteiger partial charge in [-0.15, -0.1) is 0 Å². The molecule has 1 aliphatic rings. The van der Waals surface area contributed by atoms with Gasteiger partial charge in [0.25, 0.3) is 5.91 Å². The third-order valence-corrected chi connectivity index (χ3v) is 8.27. The predicted molar refractivity (Wildman–Crippen MR) is 156 cm³/mol. The van der Waals surface area contributed by atoms with E-state index in [0.29, 0.717) is 57.7 Å². The summed E-state index contributed by atoms with van der Waals surface area (Å²) < 4.78 is 34.3. The lowest BCUT2D eigenvalue weighted by molar-refractivity contribution is 0.0950. The number of aromatic hydroxyl groups is 1. The first-order chi connectivity index (χ1) is 19.6. The SMILES string of the molecule is CCCC(CNC(=O)c1cc(OC)c2nc(C)c(Cl)cc2c1)c1cc2c(c(-c3cc(O)c(F)cc3F)n1)CCC2C. The number of carbonyl (C=O) groups is 1. The Hall–Kier alpha value is -3.78. The lowest BCUT2D eigenvalue weighted by Gasteiger charge is -2.21. The van der Waals surface area contributed by atoms with E-state index < -0.39 is 17.4 Å². The van der Waals surface area contributed by atoms with E-state index in [-0.39, 0.29) is 23.3 Å². The molecule has 2 aromatic heterocycles. The molecule has 0 saturated heterocycles. The lowest BCUT2D eigenvalue weighted by atomic mass is 9.92. The van der Waals surface area contributed by atoms with Crippen LogP contribution in [0, 0.1) is 18.6 Å². The van der Waals surface area contributed by atoms with Gasteiger partial charge in [-0.25, -0.2) is 13.8 Å². The van der Waals surface area contributed by atoms with Crippen molar-refractivity contribution in [3.63, 3.8) is 0 Å². The monoisotopic (exact) mass is 579 g/mol. The van der Waals surface area contributed by atoms with Crippen molar-refractivity contribution < 1.29 is 23.4 Å². The molecule has 2 unspecified atom stereocenters. The van der Waals surface area contributed by atoms with Crippen LogP contribution in [-0.2, 0) is 6.42 Å². The first-order valence-corrected chi connectivity index (χ1v) is 14.1. The van der Waals surface area contributed by atoms with Gasteiger partial charge in [0.15, 0.2) is 11.6 Å². The summed E-state index contributed by atoms with van der Waals surface area (Å²) in [5, 5.41) is 14.2. The second-order valence-corrected chi connectivity index (χ2v) is 11.1. The number of aromatic nitrogens is 2. The normalized spacial score (nSPS) is 15.1. The number of nitrogens with zero attached hydrogens (tertiary/aromatic N) is 2. The van der Waals surface area contributed by atoms with E-state index in [2.05, 4.69) is 30.2 Å². The predicted octanol–water partition coefficient (Wildman–Crippen LogP) is 7.61. The number of ether oxygens (including phenoxy) is 1. The second-order valence-electron chi connectivity index (χ2n) is 10.7. The average Bonchev–Trinajstić information content (AvgIpc) is 3.33. The highest BCUT2D eigenvalue weighted by atomic mass is 35.5. The molecule has 2 atom stereocenters. The molecular weight excluding hydrogens is 548 g/mol. The Bertz CT molecular complexity index is 1660. The molecule has 1 aliphatic carbocycles. The van der Waals surface area contributed by atoms with Crippen molar-refractivity contribution in [3.8, 4) is 22.8 Å². The first-order valence-electron chi connectivity index (χ1n) is 13.8. The van der Waals surface area contributed by atoms with Crippen molar-refractivity contribution in [2.75, 3.05) is 13.7 Å². The molecule has 0 fully saturated rings. The number of aryl methyl sites for hydroxylation is 1. The first kappa shape index (κ1) is 28.7. The zero-order chi connectivity index (χ0) is 29.4. The van der Waals surface area contributed by atoms with Gasteiger partial charge in [0.2, 0.25) is 0 Å². The summed E-state index contributed by atoms with van der Waals surface area (Å²) in [7, 11) is 1.53. The number of phenols is 1. The molecule has 2 heterocycles. The highest BCUT2D eigenvalue weighted by Crippen LogP contribution is 2.41.